The molecule has 128 valence electrons. The second-order valence-corrected chi connectivity index (χ2v) is 7.66. The number of hydrogen-bond donors (Lipinski definition) is 2. The minimum absolute atomic E-state index is 0.0966. The molecule has 2 rings (SSSR count). The molecule has 1 atom stereocenters. The Morgan fingerprint density at radius 3 is 2.50 bits per heavy atom. The lowest BCUT2D eigenvalue weighted by molar-refractivity contribution is 0.0929. The Bertz CT molecular complexity index is 719. The van der Waals surface area contributed by atoms with Gasteiger partial charge in [0.05, 0.1) is 0 Å². The highest BCUT2D eigenvalue weighted by Crippen LogP contribution is 2.29. The molecule has 0 bridgehead atoms. The predicted octanol–water partition coefficient (Wildman–Crippen LogP) is 4.35. The molecule has 0 heterocycles. The van der Waals surface area contributed by atoms with E-state index in [1.807, 2.05) is 13.0 Å². The molecule has 2 aromatic rings. The fourth-order valence-corrected chi connectivity index (χ4v) is 2.50. The van der Waals surface area contributed by atoms with Gasteiger partial charge in [-0.2, -0.15) is 0 Å². The summed E-state index contributed by atoms with van der Waals surface area (Å²) in [5, 5.41) is 5.49. The van der Waals surface area contributed by atoms with Crippen molar-refractivity contribution in [1.29, 1.82) is 0 Å². The van der Waals surface area contributed by atoms with Crippen molar-refractivity contribution in [2.75, 3.05) is 0 Å². The molecule has 2 aromatic carbocycles. The smallest absolute Gasteiger partial charge is 0.252 e. The minimum Gasteiger partial charge on any atom is -0.333 e. The summed E-state index contributed by atoms with van der Waals surface area (Å²) in [6, 6.07) is 13.3. The number of carbonyl (C=O) groups is 1. The number of amides is 1. The summed E-state index contributed by atoms with van der Waals surface area (Å²) in [5.74, 6) is -0.769. The van der Waals surface area contributed by atoms with E-state index in [1.54, 1.807) is 36.4 Å². The summed E-state index contributed by atoms with van der Waals surface area (Å²) in [4.78, 5) is 12.3. The average molecular weight is 390 g/mol. The van der Waals surface area contributed by atoms with Crippen LogP contribution < -0.4 is 10.6 Å². The van der Waals surface area contributed by atoms with E-state index in [9.17, 15) is 9.18 Å². The third kappa shape index (κ3) is 5.35. The minimum atomic E-state index is -1.80. The van der Waals surface area contributed by atoms with Gasteiger partial charge in [0.25, 0.3) is 5.91 Å². The van der Waals surface area contributed by atoms with Crippen LogP contribution in [0.15, 0.2) is 48.5 Å². The molecule has 0 saturated carbocycles. The first-order chi connectivity index (χ1) is 11.3. The molecule has 0 aliphatic carbocycles. The van der Waals surface area contributed by atoms with Gasteiger partial charge in [-0.05, 0) is 25.1 Å². The van der Waals surface area contributed by atoms with Crippen LogP contribution in [-0.4, -0.2) is 15.9 Å². The van der Waals surface area contributed by atoms with Gasteiger partial charge in [-0.25, -0.2) is 4.39 Å². The van der Waals surface area contributed by atoms with E-state index in [1.165, 1.54) is 6.07 Å². The molecule has 0 aromatic heterocycles. The highest BCUT2D eigenvalue weighted by Gasteiger charge is 2.34. The molecule has 1 unspecified atom stereocenters. The van der Waals surface area contributed by atoms with E-state index < -0.39 is 15.9 Å². The molecule has 0 fully saturated rings. The van der Waals surface area contributed by atoms with Crippen LogP contribution in [0.3, 0.4) is 0 Å². The number of halogens is 4. The number of alkyl halides is 3. The number of aryl methyl sites for hydroxylation is 1. The SMILES string of the molecule is Cc1cccc(C(=O)NC(NCc2ccccc2F)C(Cl)(Cl)Cl)c1. The van der Waals surface area contributed by atoms with Gasteiger partial charge in [0.15, 0.2) is 0 Å². The fourth-order valence-electron chi connectivity index (χ4n) is 2.10. The molecule has 2 N–H and O–H groups in total. The predicted molar refractivity (Wildman–Crippen MR) is 96.0 cm³/mol. The Morgan fingerprint density at radius 2 is 1.88 bits per heavy atom. The number of benzene rings is 2. The maximum Gasteiger partial charge on any atom is 0.252 e. The average Bonchev–Trinajstić information content (AvgIpc) is 2.51. The molecular formula is C17H16Cl3FN2O. The molecule has 0 radical (unpaired) electrons. The lowest BCUT2D eigenvalue weighted by Gasteiger charge is -2.27. The summed E-state index contributed by atoms with van der Waals surface area (Å²) in [5.41, 5.74) is 1.79. The van der Waals surface area contributed by atoms with Crippen LogP contribution in [0.4, 0.5) is 4.39 Å². The Hall–Kier alpha value is -1.33. The Labute approximate surface area is 155 Å². The third-order valence-corrected chi connectivity index (χ3v) is 3.99. The van der Waals surface area contributed by atoms with E-state index >= 15 is 0 Å². The second-order valence-electron chi connectivity index (χ2n) is 5.29. The van der Waals surface area contributed by atoms with Crippen LogP contribution in [-0.2, 0) is 6.54 Å². The second kappa shape index (κ2) is 8.17. The monoisotopic (exact) mass is 388 g/mol. The lowest BCUT2D eigenvalue weighted by Crippen LogP contribution is -2.53. The number of nitrogens with one attached hydrogen (secondary N) is 2. The summed E-state index contributed by atoms with van der Waals surface area (Å²) in [6.07, 6.45) is -0.991. The van der Waals surface area contributed by atoms with Crippen molar-refractivity contribution in [3.8, 4) is 0 Å². The highest BCUT2D eigenvalue weighted by atomic mass is 35.6. The Kier molecular flexibility index (Phi) is 6.47. The van der Waals surface area contributed by atoms with Gasteiger partial charge in [0.2, 0.25) is 3.79 Å². The van der Waals surface area contributed by atoms with Crippen LogP contribution in [0.25, 0.3) is 0 Å². The zero-order valence-corrected chi connectivity index (χ0v) is 15.1. The highest BCUT2D eigenvalue weighted by molar-refractivity contribution is 6.68. The van der Waals surface area contributed by atoms with Gasteiger partial charge in [-0.1, -0.05) is 70.7 Å². The van der Waals surface area contributed by atoms with Gasteiger partial charge in [0.1, 0.15) is 12.0 Å². The fraction of sp³-hybridized carbons (Fsp3) is 0.235. The van der Waals surface area contributed by atoms with E-state index in [-0.39, 0.29) is 12.4 Å². The van der Waals surface area contributed by atoms with Crippen molar-refractivity contribution >= 4 is 40.7 Å². The molecule has 0 aliphatic rings. The molecule has 0 saturated heterocycles. The van der Waals surface area contributed by atoms with Crippen molar-refractivity contribution in [2.24, 2.45) is 0 Å². The summed E-state index contributed by atoms with van der Waals surface area (Å²) in [6.45, 7) is 1.97. The molecule has 7 heteroatoms. The van der Waals surface area contributed by atoms with Crippen molar-refractivity contribution < 1.29 is 9.18 Å². The van der Waals surface area contributed by atoms with Crippen LogP contribution >= 0.6 is 34.8 Å². The van der Waals surface area contributed by atoms with Gasteiger partial charge in [-0.3, -0.25) is 10.1 Å². The van der Waals surface area contributed by atoms with Crippen LogP contribution in [0.5, 0.6) is 0 Å². The molecular weight excluding hydrogens is 374 g/mol. The van der Waals surface area contributed by atoms with E-state index in [2.05, 4.69) is 10.6 Å². The molecule has 0 aliphatic heterocycles. The van der Waals surface area contributed by atoms with Gasteiger partial charge in [0, 0.05) is 17.7 Å². The molecule has 24 heavy (non-hydrogen) atoms. The number of hydrogen-bond acceptors (Lipinski definition) is 2. The van der Waals surface area contributed by atoms with Crippen molar-refractivity contribution in [3.05, 3.63) is 71.0 Å². The zero-order chi connectivity index (χ0) is 17.7. The van der Waals surface area contributed by atoms with E-state index in [4.69, 9.17) is 34.8 Å². The molecule has 0 spiro atoms. The largest absolute Gasteiger partial charge is 0.333 e. The van der Waals surface area contributed by atoms with Gasteiger partial charge < -0.3 is 5.32 Å². The number of carbonyl (C=O) groups excluding carboxylic acids is 1. The first-order valence-electron chi connectivity index (χ1n) is 7.18. The number of rotatable bonds is 5. The molecule has 1 amide bonds. The van der Waals surface area contributed by atoms with Crippen molar-refractivity contribution in [2.45, 2.75) is 23.4 Å². The normalized spacial score (nSPS) is 12.7. The summed E-state index contributed by atoms with van der Waals surface area (Å²) < 4.78 is 11.9. The third-order valence-electron chi connectivity index (χ3n) is 3.34. The zero-order valence-electron chi connectivity index (χ0n) is 12.8. The topological polar surface area (TPSA) is 41.1 Å². The van der Waals surface area contributed by atoms with Gasteiger partial charge >= 0.3 is 0 Å². The van der Waals surface area contributed by atoms with Crippen molar-refractivity contribution in [1.82, 2.24) is 10.6 Å². The van der Waals surface area contributed by atoms with Crippen molar-refractivity contribution in [3.63, 3.8) is 0 Å². The van der Waals surface area contributed by atoms with Crippen LogP contribution in [0, 0.1) is 12.7 Å². The Balaban J connectivity index is 2.09. The van der Waals surface area contributed by atoms with Crippen LogP contribution in [0.2, 0.25) is 0 Å². The molecule has 3 nitrogen and oxygen atoms in total. The first-order valence-corrected chi connectivity index (χ1v) is 8.32. The summed E-state index contributed by atoms with van der Waals surface area (Å²) in [7, 11) is 0. The standard InChI is InChI=1S/C17H16Cl3FN2O/c1-11-5-4-7-12(9-11)15(24)23-16(17(18,19)20)22-10-13-6-2-3-8-14(13)21/h2-9,16,22H,10H2,1H3,(H,23,24). The van der Waals surface area contributed by atoms with Crippen LogP contribution in [0.1, 0.15) is 21.5 Å². The quantitative estimate of drug-likeness (QED) is 0.589. The van der Waals surface area contributed by atoms with E-state index in [0.29, 0.717) is 11.1 Å². The van der Waals surface area contributed by atoms with Gasteiger partial charge in [-0.15, -0.1) is 0 Å². The maximum absolute atomic E-state index is 13.7. The first kappa shape index (κ1) is 19.0. The lowest BCUT2D eigenvalue weighted by atomic mass is 10.1. The Morgan fingerprint density at radius 1 is 1.17 bits per heavy atom. The van der Waals surface area contributed by atoms with E-state index in [0.717, 1.165) is 5.56 Å². The maximum atomic E-state index is 13.7. The summed E-state index contributed by atoms with van der Waals surface area (Å²) >= 11 is 17.8.